The molecule has 0 aliphatic rings. The van der Waals surface area contributed by atoms with Crippen LogP contribution in [0.2, 0.25) is 0 Å². The molecule has 3 aromatic heterocycles. The predicted octanol–water partition coefficient (Wildman–Crippen LogP) is 5.07. The summed E-state index contributed by atoms with van der Waals surface area (Å²) >= 11 is 7.32. The first-order valence-corrected chi connectivity index (χ1v) is 18.1. The third-order valence-corrected chi connectivity index (χ3v) is 8.82. The van der Waals surface area contributed by atoms with Crippen molar-refractivity contribution in [2.75, 3.05) is 19.6 Å². The van der Waals surface area contributed by atoms with Crippen LogP contribution in [0.15, 0.2) is 147 Å². The van der Waals surface area contributed by atoms with Gasteiger partial charge in [0.2, 0.25) is 0 Å². The highest BCUT2D eigenvalue weighted by Crippen LogP contribution is 2.34. The van der Waals surface area contributed by atoms with E-state index in [0.29, 0.717) is 10.9 Å². The van der Waals surface area contributed by atoms with Crippen LogP contribution in [0.4, 0.5) is 0 Å². The maximum Gasteiger partial charge on any atom is 0.488 e. The van der Waals surface area contributed by atoms with E-state index in [2.05, 4.69) is 27.6 Å². The molecule has 244 valence electrons. The van der Waals surface area contributed by atoms with Gasteiger partial charge in [0.1, 0.15) is 10.1 Å². The molecule has 3 heterocycles. The van der Waals surface area contributed by atoms with Crippen molar-refractivity contribution >= 4 is 82.9 Å². The second-order valence-corrected chi connectivity index (χ2v) is 12.4. The first kappa shape index (κ1) is 43.6. The minimum atomic E-state index is -1.38. The molecular weight excluding hydrogens is 676 g/mol. The minimum Gasteiger partial charge on any atom is -0.423 e. The molecule has 0 spiro atoms. The zero-order valence-corrected chi connectivity index (χ0v) is 29.0. The number of aromatic nitrogens is 3. The average Bonchev–Trinajstić information content (AvgIpc) is 3.10. The van der Waals surface area contributed by atoms with E-state index in [9.17, 15) is 0 Å². The van der Waals surface area contributed by atoms with Gasteiger partial charge in [-0.1, -0.05) is 49.9 Å². The number of nitrogens with zero attached hydrogens (tertiary/aromatic N) is 3. The number of benzene rings is 2. The van der Waals surface area contributed by atoms with Crippen molar-refractivity contribution in [3.63, 3.8) is 0 Å². The Labute approximate surface area is 295 Å². The molecule has 0 atom stereocenters. The second kappa shape index (κ2) is 27.7. The number of rotatable bonds is 7. The molecule has 0 fully saturated rings. The minimum absolute atomic E-state index is 0. The van der Waals surface area contributed by atoms with Crippen LogP contribution in [0.5, 0.6) is 0 Å². The molecule has 15 heteroatoms. The molecule has 8 nitrogen and oxygen atoms in total. The van der Waals surface area contributed by atoms with E-state index in [1.165, 1.54) is 0 Å². The number of aliphatic hydroxyl groups is 1. The van der Waals surface area contributed by atoms with Gasteiger partial charge in [-0.3, -0.25) is 0 Å². The number of hydrogen-bond acceptors (Lipinski definition) is 13. The van der Waals surface area contributed by atoms with Crippen molar-refractivity contribution in [2.24, 2.45) is 0 Å². The molecule has 5 N–H and O–H groups in total. The first-order chi connectivity index (χ1) is 21.8. The van der Waals surface area contributed by atoms with Gasteiger partial charge in [0.15, 0.2) is 0 Å². The van der Waals surface area contributed by atoms with Crippen LogP contribution in [0.25, 0.3) is 0 Å². The summed E-state index contributed by atoms with van der Waals surface area (Å²) in [5.74, 6) is 0. The summed E-state index contributed by atoms with van der Waals surface area (Å²) in [4.78, 5) is 14.4. The Balaban J connectivity index is 0.000000582. The first-order valence-electron chi connectivity index (χ1n) is 13.0. The van der Waals surface area contributed by atoms with Crippen LogP contribution in [0.3, 0.4) is 0 Å². The van der Waals surface area contributed by atoms with Crippen LogP contribution in [-0.4, -0.2) is 74.0 Å². The molecule has 2 aromatic carbocycles. The van der Waals surface area contributed by atoms with Gasteiger partial charge in [-0.05, 0) is 106 Å². The molecular formula is C31H39B2N3O5S5. The van der Waals surface area contributed by atoms with Crippen LogP contribution in [-0.2, 0) is 0 Å². The van der Waals surface area contributed by atoms with E-state index >= 15 is 0 Å². The quantitative estimate of drug-likeness (QED) is 0.0581. The Morgan fingerprint density at radius 1 is 0.522 bits per heavy atom. The smallest absolute Gasteiger partial charge is 0.423 e. The van der Waals surface area contributed by atoms with Crippen molar-refractivity contribution in [1.82, 2.24) is 15.0 Å². The molecule has 0 saturated heterocycles. The highest BCUT2D eigenvalue weighted by atomic mass is 33.1. The largest absolute Gasteiger partial charge is 0.488 e. The average molecular weight is 716 g/mol. The molecule has 5 rings (SSSR count). The van der Waals surface area contributed by atoms with E-state index < -0.39 is 14.2 Å². The van der Waals surface area contributed by atoms with Crippen molar-refractivity contribution < 1.29 is 25.2 Å². The molecule has 0 aliphatic carbocycles. The summed E-state index contributed by atoms with van der Waals surface area (Å²) in [5, 5.41) is 44.8. The lowest BCUT2D eigenvalue weighted by Gasteiger charge is -1.99. The molecule has 0 saturated carbocycles. The Morgan fingerprint density at radius 2 is 0.891 bits per heavy atom. The normalized spacial score (nSPS) is 9.15. The molecule has 0 aliphatic heterocycles. The van der Waals surface area contributed by atoms with Gasteiger partial charge in [0.05, 0.1) is 5.03 Å². The predicted molar refractivity (Wildman–Crippen MR) is 203 cm³/mol. The topological polar surface area (TPSA) is 140 Å². The molecule has 0 amide bonds. The zero-order valence-electron chi connectivity index (χ0n) is 24.9. The Hall–Kier alpha value is -2.43. The van der Waals surface area contributed by atoms with Crippen LogP contribution in [0, 0.1) is 0 Å². The van der Waals surface area contributed by atoms with Gasteiger partial charge in [-0.25, -0.2) is 15.0 Å². The van der Waals surface area contributed by atoms with Gasteiger partial charge < -0.3 is 25.2 Å². The maximum atomic E-state index is 8.74. The number of thiol groups is 1. The Bertz CT molecular complexity index is 1360. The summed E-state index contributed by atoms with van der Waals surface area (Å²) in [6, 6.07) is 31.4. The number of thioether (sulfide) groups is 2. The highest BCUT2D eigenvalue weighted by Gasteiger charge is 2.09. The summed E-state index contributed by atoms with van der Waals surface area (Å²) in [7, 11) is 1.50. The van der Waals surface area contributed by atoms with Gasteiger partial charge in [0, 0.05) is 35.5 Å². The van der Waals surface area contributed by atoms with Gasteiger partial charge in [0.25, 0.3) is 0 Å². The zero-order chi connectivity index (χ0) is 33.3. The van der Waals surface area contributed by atoms with Gasteiger partial charge in [-0.2, -0.15) is 0 Å². The van der Waals surface area contributed by atoms with Crippen LogP contribution >= 0.6 is 57.7 Å². The van der Waals surface area contributed by atoms with Gasteiger partial charge in [-0.15, -0.1) is 36.2 Å². The lowest BCUT2D eigenvalue weighted by Crippen LogP contribution is -2.29. The van der Waals surface area contributed by atoms with Crippen molar-refractivity contribution in [1.29, 1.82) is 0 Å². The summed E-state index contributed by atoms with van der Waals surface area (Å²) in [5.41, 5.74) is 1.01. The molecule has 5 aromatic rings. The monoisotopic (exact) mass is 715 g/mol. The summed E-state index contributed by atoms with van der Waals surface area (Å²) in [6.07, 6.45) is 9.38. The lowest BCUT2D eigenvalue weighted by molar-refractivity contribution is 0.399. The van der Waals surface area contributed by atoms with Crippen LogP contribution < -0.4 is 10.9 Å². The van der Waals surface area contributed by atoms with Gasteiger partial charge >= 0.3 is 14.2 Å². The van der Waals surface area contributed by atoms with E-state index in [-0.39, 0.29) is 7.43 Å². The third-order valence-electron chi connectivity index (χ3n) is 4.94. The van der Waals surface area contributed by atoms with Crippen molar-refractivity contribution in [3.8, 4) is 0 Å². The standard InChI is InChI=1S/C10H8N2S2.C7H9BO2S.C6H7BO2S.C6H7NS.CH4O.CH4/c1-3-7-11-9(5-1)13-14-10-6-2-4-8-12-10;1-11-7-4-2-6(3-5-7)8(9)10;8-7(9)5-1-3-6(10)4-2-5;1-8-6-4-2-3-5-7-6;1-2;/h1-8H;2-5,9-10H,1H3;1-4,8-10H;2-5H,1H3;2H,1H3;1H4. The van der Waals surface area contributed by atoms with E-state index in [4.69, 9.17) is 25.2 Å². The van der Waals surface area contributed by atoms with Crippen molar-refractivity contribution in [2.45, 2.75) is 32.3 Å². The Morgan fingerprint density at radius 3 is 1.17 bits per heavy atom. The number of aliphatic hydroxyl groups excluding tert-OH is 1. The number of hydrogen-bond donors (Lipinski definition) is 6. The fourth-order valence-electron chi connectivity index (χ4n) is 2.77. The fourth-order valence-corrected chi connectivity index (χ4v) is 5.46. The molecule has 0 unspecified atom stereocenters. The highest BCUT2D eigenvalue weighted by molar-refractivity contribution is 8.76. The van der Waals surface area contributed by atoms with Crippen LogP contribution in [0.1, 0.15) is 7.43 Å². The van der Waals surface area contributed by atoms with E-state index in [1.807, 2.05) is 79.2 Å². The summed E-state index contributed by atoms with van der Waals surface area (Å²) < 4.78 is 0. The maximum absolute atomic E-state index is 8.74. The van der Waals surface area contributed by atoms with Crippen molar-refractivity contribution in [3.05, 3.63) is 122 Å². The molecule has 46 heavy (non-hydrogen) atoms. The Kier molecular flexibility index (Phi) is 26.2. The SMILES string of the molecule is C.CO.CSc1ccc(B(O)O)cc1.CSc1ccccn1.OB(O)c1ccc(S)cc1.c1ccc(SSc2ccccn2)nc1. The van der Waals surface area contributed by atoms with E-state index in [0.717, 1.165) is 32.0 Å². The second-order valence-electron chi connectivity index (χ2n) is 7.99. The number of pyridine rings is 3. The fraction of sp³-hybridized carbons (Fsp3) is 0.129. The molecule has 0 bridgehead atoms. The molecule has 0 radical (unpaired) electrons. The van der Waals surface area contributed by atoms with E-state index in [1.54, 1.807) is 100 Å². The lowest BCUT2D eigenvalue weighted by atomic mass is 9.81. The summed E-state index contributed by atoms with van der Waals surface area (Å²) in [6.45, 7) is 0. The third kappa shape index (κ3) is 19.9.